The van der Waals surface area contributed by atoms with Gasteiger partial charge in [-0.1, -0.05) is 17.7 Å². The van der Waals surface area contributed by atoms with Gasteiger partial charge in [0.1, 0.15) is 16.7 Å². The van der Waals surface area contributed by atoms with E-state index in [4.69, 9.17) is 11.6 Å². The van der Waals surface area contributed by atoms with Crippen molar-refractivity contribution in [1.29, 1.82) is 0 Å². The Morgan fingerprint density at radius 3 is 2.40 bits per heavy atom. The number of aromatic nitrogens is 5. The van der Waals surface area contributed by atoms with Crippen molar-refractivity contribution in [2.24, 2.45) is 13.0 Å². The number of nitrogens with zero attached hydrogens (tertiary/aromatic N) is 8. The van der Waals surface area contributed by atoms with Gasteiger partial charge in [0.2, 0.25) is 27.8 Å². The monoisotopic (exact) mass is 858 g/mol. The van der Waals surface area contributed by atoms with E-state index in [-0.39, 0.29) is 45.5 Å². The minimum atomic E-state index is -3.71. The summed E-state index contributed by atoms with van der Waals surface area (Å²) in [6.45, 7) is 9.00. The summed E-state index contributed by atoms with van der Waals surface area (Å²) in [5.41, 5.74) is 3.64. The van der Waals surface area contributed by atoms with Crippen LogP contribution < -0.4 is 26.8 Å². The molecule has 3 aliphatic rings. The van der Waals surface area contributed by atoms with Crippen LogP contribution in [0, 0.1) is 12.8 Å². The first-order chi connectivity index (χ1) is 28.6. The highest BCUT2D eigenvalue weighted by molar-refractivity contribution is 7.89. The van der Waals surface area contributed by atoms with E-state index in [1.54, 1.807) is 46.4 Å². The summed E-state index contributed by atoms with van der Waals surface area (Å²) in [5, 5.41) is 6.31. The second kappa shape index (κ2) is 16.4. The highest BCUT2D eigenvalue weighted by Crippen LogP contribution is 2.33. The molecule has 2 N–H and O–H groups in total. The molecular formula is C42H51ClN10O6S. The highest BCUT2D eigenvalue weighted by atomic mass is 35.5. The van der Waals surface area contributed by atoms with Crippen LogP contribution in [0.4, 0.5) is 17.3 Å². The molecular weight excluding hydrogens is 808 g/mol. The first kappa shape index (κ1) is 41.6. The van der Waals surface area contributed by atoms with Crippen LogP contribution in [-0.2, 0) is 26.7 Å². The third-order valence-electron chi connectivity index (χ3n) is 12.5. The van der Waals surface area contributed by atoms with Crippen molar-refractivity contribution in [3.63, 3.8) is 0 Å². The van der Waals surface area contributed by atoms with E-state index in [1.165, 1.54) is 9.13 Å². The van der Waals surface area contributed by atoms with Crippen LogP contribution in [0.5, 0.6) is 0 Å². The Kier molecular flexibility index (Phi) is 11.4. The van der Waals surface area contributed by atoms with Gasteiger partial charge < -0.3 is 15.1 Å². The number of rotatable bonds is 10. The Balaban J connectivity index is 0.863. The summed E-state index contributed by atoms with van der Waals surface area (Å²) < 4.78 is 33.9. The number of anilines is 3. The maximum atomic E-state index is 13.8. The van der Waals surface area contributed by atoms with E-state index in [0.29, 0.717) is 59.3 Å². The number of imidazole rings is 1. The number of hydrogen-bond acceptors (Lipinski definition) is 11. The van der Waals surface area contributed by atoms with E-state index in [1.807, 2.05) is 39.0 Å². The number of amides is 2. The fraction of sp³-hybridized carbons (Fsp3) is 0.476. The smallest absolute Gasteiger partial charge is 0.329 e. The molecule has 0 bridgehead atoms. The minimum absolute atomic E-state index is 0.101. The maximum Gasteiger partial charge on any atom is 0.329 e. The van der Waals surface area contributed by atoms with Crippen LogP contribution in [0.3, 0.4) is 0 Å². The van der Waals surface area contributed by atoms with Crippen LogP contribution in [0.1, 0.15) is 70.0 Å². The molecule has 1 atom stereocenters. The molecule has 0 spiro atoms. The van der Waals surface area contributed by atoms with Gasteiger partial charge >= 0.3 is 5.69 Å². The normalized spacial score (nSPS) is 18.9. The Labute approximate surface area is 353 Å². The molecule has 3 fully saturated rings. The number of piperidine rings is 3. The van der Waals surface area contributed by atoms with Gasteiger partial charge in [0.15, 0.2) is 0 Å². The predicted octanol–water partition coefficient (Wildman–Crippen LogP) is 4.71. The number of benzene rings is 2. The predicted molar refractivity (Wildman–Crippen MR) is 232 cm³/mol. The molecule has 3 aromatic heterocycles. The molecule has 1 unspecified atom stereocenters. The lowest BCUT2D eigenvalue weighted by Crippen LogP contribution is -2.46. The largest absolute Gasteiger partial charge is 0.370 e. The quantitative estimate of drug-likeness (QED) is 0.186. The van der Waals surface area contributed by atoms with Crippen LogP contribution >= 0.6 is 11.6 Å². The molecule has 18 heteroatoms. The van der Waals surface area contributed by atoms with Gasteiger partial charge in [-0.2, -0.15) is 9.29 Å². The van der Waals surface area contributed by atoms with Gasteiger partial charge in [-0.15, -0.1) is 0 Å². The zero-order valence-electron chi connectivity index (χ0n) is 34.5. The number of hydrogen-bond donors (Lipinski definition) is 2. The molecule has 2 aromatic carbocycles. The molecule has 60 heavy (non-hydrogen) atoms. The van der Waals surface area contributed by atoms with Crippen LogP contribution in [-0.4, -0.2) is 98.9 Å². The molecule has 0 radical (unpaired) electrons. The molecule has 6 heterocycles. The number of pyridine rings is 1. The average Bonchev–Trinajstić information content (AvgIpc) is 3.47. The average molecular weight is 859 g/mol. The number of aryl methyl sites for hydroxylation is 2. The fourth-order valence-corrected chi connectivity index (χ4v) is 10.9. The van der Waals surface area contributed by atoms with E-state index in [0.717, 1.165) is 56.5 Å². The zero-order chi connectivity index (χ0) is 42.6. The van der Waals surface area contributed by atoms with Gasteiger partial charge in [0.05, 0.1) is 21.6 Å². The first-order valence-corrected chi connectivity index (χ1v) is 22.4. The number of sulfonamides is 1. The van der Waals surface area contributed by atoms with Gasteiger partial charge in [-0.25, -0.2) is 18.2 Å². The highest BCUT2D eigenvalue weighted by Gasteiger charge is 2.34. The number of para-hydroxylation sites is 1. The molecule has 3 saturated heterocycles. The molecule has 3 aliphatic heterocycles. The van der Waals surface area contributed by atoms with Crippen molar-refractivity contribution in [3.05, 3.63) is 80.1 Å². The minimum Gasteiger partial charge on any atom is -0.370 e. The summed E-state index contributed by atoms with van der Waals surface area (Å²) in [6.07, 6.45) is 5.51. The third kappa shape index (κ3) is 7.72. The Bertz CT molecular complexity index is 2730. The van der Waals surface area contributed by atoms with Crippen molar-refractivity contribution < 1.29 is 18.0 Å². The molecule has 0 aliphatic carbocycles. The van der Waals surface area contributed by atoms with Crippen molar-refractivity contribution >= 4 is 72.8 Å². The molecule has 5 aromatic rings. The van der Waals surface area contributed by atoms with E-state index in [9.17, 15) is 27.6 Å². The molecule has 8 rings (SSSR count). The Hall–Kier alpha value is -5.10. The summed E-state index contributed by atoms with van der Waals surface area (Å²) in [4.78, 5) is 64.7. The van der Waals surface area contributed by atoms with Gasteiger partial charge in [-0.05, 0) is 108 Å². The third-order valence-corrected chi connectivity index (χ3v) is 14.6. The maximum absolute atomic E-state index is 13.8. The molecule has 318 valence electrons. The topological polar surface area (TPSA) is 177 Å². The first-order valence-electron chi connectivity index (χ1n) is 20.6. The summed E-state index contributed by atoms with van der Waals surface area (Å²) in [7, 11) is 0.180. The lowest BCUT2D eigenvalue weighted by atomic mass is 9.95. The molecule has 0 saturated carbocycles. The Morgan fingerprint density at radius 1 is 0.983 bits per heavy atom. The SMILES string of the molecule is Cc1cc(S(=O)(=O)N2CCC(CN(C)C3CCN(c4cccc5c4n(C)c(=O)n5C4CCC(=O)NC4=O)CC3)CC2)ccc1Nc1ncc2cc(Cl)c(=O)n(C(C)C)c2n1. The lowest BCUT2D eigenvalue weighted by Gasteiger charge is -2.40. The molecule has 2 amide bonds. The second-order valence-corrected chi connectivity index (χ2v) is 19.0. The van der Waals surface area contributed by atoms with Crippen LogP contribution in [0.2, 0.25) is 5.02 Å². The van der Waals surface area contributed by atoms with Crippen LogP contribution in [0.25, 0.3) is 22.1 Å². The van der Waals surface area contributed by atoms with Crippen molar-refractivity contribution in [3.8, 4) is 0 Å². The number of nitrogens with one attached hydrogen (secondary N) is 2. The van der Waals surface area contributed by atoms with Gasteiger partial charge in [-0.3, -0.25) is 33.4 Å². The number of carbonyl (C=O) groups is 2. The second-order valence-electron chi connectivity index (χ2n) is 16.7. The fourth-order valence-electron chi connectivity index (χ4n) is 9.17. The van der Waals surface area contributed by atoms with Crippen molar-refractivity contribution in [2.45, 2.75) is 82.3 Å². The van der Waals surface area contributed by atoms with Crippen molar-refractivity contribution in [2.75, 3.05) is 50.0 Å². The summed E-state index contributed by atoms with van der Waals surface area (Å²) in [5.74, 6) is -0.114. The van der Waals surface area contributed by atoms with Crippen LogP contribution in [0.15, 0.2) is 63.1 Å². The van der Waals surface area contributed by atoms with Gasteiger partial charge in [0, 0.05) is 75.5 Å². The van der Waals surface area contributed by atoms with E-state index in [2.05, 4.69) is 37.4 Å². The van der Waals surface area contributed by atoms with Crippen molar-refractivity contribution in [1.82, 2.24) is 38.2 Å². The standard InChI is InChI=1S/C42H51ClN10O6S/c1-25(2)52-38-28(22-31(43)40(52)56)23-44-41(47-38)45-32-10-9-30(21-26(32)3)60(58,59)51-19-13-27(14-20-51)24-48(4)29-15-17-50(18-16-29)33-7-6-8-34-37(33)49(5)42(57)53(34)35-11-12-36(54)46-39(35)55/h6-10,21-23,25,27,29,35H,11-20,24H2,1-5H3,(H,44,45,47)(H,46,54,55). The summed E-state index contributed by atoms with van der Waals surface area (Å²) >= 11 is 6.17. The Morgan fingerprint density at radius 2 is 1.72 bits per heavy atom. The summed E-state index contributed by atoms with van der Waals surface area (Å²) in [6, 6.07) is 11.8. The zero-order valence-corrected chi connectivity index (χ0v) is 36.1. The number of carbonyl (C=O) groups excluding carboxylic acids is 2. The number of halogens is 1. The lowest BCUT2D eigenvalue weighted by molar-refractivity contribution is -0.135. The number of imide groups is 1. The van der Waals surface area contributed by atoms with E-state index >= 15 is 0 Å². The number of fused-ring (bicyclic) bond motifs is 2. The molecule has 16 nitrogen and oxygen atoms in total. The van der Waals surface area contributed by atoms with E-state index < -0.39 is 22.0 Å². The van der Waals surface area contributed by atoms with Gasteiger partial charge in [0.25, 0.3) is 5.56 Å².